The van der Waals surface area contributed by atoms with Crippen LogP contribution in [-0.2, 0) is 4.74 Å². The first-order valence-corrected chi connectivity index (χ1v) is 11.1. The zero-order valence-corrected chi connectivity index (χ0v) is 18.9. The summed E-state index contributed by atoms with van der Waals surface area (Å²) < 4.78 is 12.7. The second-order valence-electron chi connectivity index (χ2n) is 8.72. The van der Waals surface area contributed by atoms with Crippen molar-refractivity contribution in [3.05, 3.63) is 35.5 Å². The summed E-state index contributed by atoms with van der Waals surface area (Å²) in [5, 5.41) is 16.4. The molecule has 32 heavy (non-hydrogen) atoms. The lowest BCUT2D eigenvalue weighted by atomic mass is 9.84. The van der Waals surface area contributed by atoms with Gasteiger partial charge in [-0.15, -0.1) is 0 Å². The van der Waals surface area contributed by atoms with Gasteiger partial charge in [-0.3, -0.25) is 0 Å². The Kier molecular flexibility index (Phi) is 5.71. The van der Waals surface area contributed by atoms with Gasteiger partial charge in [0.2, 0.25) is 0 Å². The maximum Gasteiger partial charge on any atom is 0.320 e. The molecule has 2 fully saturated rings. The molecule has 0 bridgehead atoms. The number of aliphatic hydroxyl groups excluding tert-OH is 1. The molecule has 9 heteroatoms. The van der Waals surface area contributed by atoms with Gasteiger partial charge >= 0.3 is 6.01 Å². The number of hydrogen-bond acceptors (Lipinski definition) is 8. The number of likely N-dealkylation sites (tertiary alicyclic amines) is 1. The number of aryl methyl sites for hydroxylation is 1. The van der Waals surface area contributed by atoms with Gasteiger partial charge in [-0.1, -0.05) is 0 Å². The van der Waals surface area contributed by atoms with Crippen LogP contribution in [0.1, 0.15) is 23.5 Å². The van der Waals surface area contributed by atoms with Crippen LogP contribution in [-0.4, -0.2) is 89.4 Å². The van der Waals surface area contributed by atoms with Gasteiger partial charge in [0.15, 0.2) is 5.82 Å². The molecule has 2 aromatic heterocycles. The maximum absolute atomic E-state index is 10.8. The highest BCUT2D eigenvalue weighted by Gasteiger charge is 2.29. The first-order chi connectivity index (χ1) is 15.5. The van der Waals surface area contributed by atoms with Crippen LogP contribution in [0.2, 0.25) is 0 Å². The van der Waals surface area contributed by atoms with Gasteiger partial charge in [0.05, 0.1) is 38.1 Å². The molecule has 0 aliphatic carbocycles. The van der Waals surface area contributed by atoms with E-state index in [1.807, 2.05) is 16.9 Å². The average molecular weight is 439 g/mol. The number of β-amino-alcohol motifs (C(OH)–C–C–N with tert-alkyl or cyclic N) is 1. The Hall–Kier alpha value is -2.75. The maximum atomic E-state index is 10.8. The van der Waals surface area contributed by atoms with Crippen molar-refractivity contribution in [2.24, 2.45) is 0 Å². The molecule has 2 atom stereocenters. The molecule has 0 radical (unpaired) electrons. The summed E-state index contributed by atoms with van der Waals surface area (Å²) in [6.07, 6.45) is 2.41. The van der Waals surface area contributed by atoms with E-state index >= 15 is 0 Å². The second kappa shape index (κ2) is 8.65. The molecule has 0 spiro atoms. The Labute approximate surface area is 187 Å². The van der Waals surface area contributed by atoms with Gasteiger partial charge in [0.25, 0.3) is 0 Å². The lowest BCUT2D eigenvalue weighted by Crippen LogP contribution is -2.40. The molecule has 0 amide bonds. The lowest BCUT2D eigenvalue weighted by molar-refractivity contribution is 0.0636. The largest absolute Gasteiger partial charge is 0.467 e. The molecule has 2 unspecified atom stereocenters. The molecular weight excluding hydrogens is 408 g/mol. The van der Waals surface area contributed by atoms with Crippen molar-refractivity contribution in [2.45, 2.75) is 25.4 Å². The molecule has 2 aliphatic heterocycles. The molecule has 1 aromatic carbocycles. The number of benzene rings is 1. The number of aromatic nitrogens is 4. The van der Waals surface area contributed by atoms with Crippen LogP contribution in [0, 0.1) is 6.92 Å². The predicted molar refractivity (Wildman–Crippen MR) is 122 cm³/mol. The second-order valence-corrected chi connectivity index (χ2v) is 8.72. The van der Waals surface area contributed by atoms with E-state index in [0.29, 0.717) is 31.6 Å². The Bertz CT molecular complexity index is 1110. The minimum absolute atomic E-state index is 0.114. The molecular formula is C23H30N6O3. The summed E-state index contributed by atoms with van der Waals surface area (Å²) in [5.74, 6) is 1.58. The zero-order chi connectivity index (χ0) is 22.2. The minimum atomic E-state index is -0.381. The summed E-state index contributed by atoms with van der Waals surface area (Å²) in [6, 6.07) is 6.58. The van der Waals surface area contributed by atoms with Crippen LogP contribution in [0.4, 0.5) is 5.82 Å². The molecule has 4 heterocycles. The van der Waals surface area contributed by atoms with Crippen molar-refractivity contribution in [2.75, 3.05) is 58.5 Å². The zero-order valence-electron chi connectivity index (χ0n) is 18.9. The quantitative estimate of drug-likeness (QED) is 0.659. The number of piperidine rings is 1. The van der Waals surface area contributed by atoms with E-state index in [9.17, 15) is 5.11 Å². The summed E-state index contributed by atoms with van der Waals surface area (Å²) in [7, 11) is 3.63. The number of ether oxygens (including phenoxy) is 2. The van der Waals surface area contributed by atoms with Crippen LogP contribution in [0.3, 0.4) is 0 Å². The third-order valence-electron chi connectivity index (χ3n) is 6.55. The van der Waals surface area contributed by atoms with Gasteiger partial charge < -0.3 is 24.4 Å². The van der Waals surface area contributed by atoms with Crippen LogP contribution in [0.15, 0.2) is 24.4 Å². The number of likely N-dealkylation sites (N-methyl/N-ethyl adjacent to an activating group) is 1. The predicted octanol–water partition coefficient (Wildman–Crippen LogP) is 1.75. The molecule has 3 aromatic rings. The number of fused-ring (bicyclic) bond motifs is 1. The van der Waals surface area contributed by atoms with Gasteiger partial charge in [-0.25, -0.2) is 4.68 Å². The lowest BCUT2D eigenvalue weighted by Gasteiger charge is -2.34. The van der Waals surface area contributed by atoms with Crippen LogP contribution in [0.25, 0.3) is 16.7 Å². The Morgan fingerprint density at radius 3 is 2.62 bits per heavy atom. The monoisotopic (exact) mass is 438 g/mol. The van der Waals surface area contributed by atoms with Crippen LogP contribution in [0.5, 0.6) is 6.01 Å². The molecule has 1 N–H and O–H groups in total. The van der Waals surface area contributed by atoms with Gasteiger partial charge in [0.1, 0.15) is 5.82 Å². The Morgan fingerprint density at radius 2 is 1.88 bits per heavy atom. The third-order valence-corrected chi connectivity index (χ3v) is 6.55. The summed E-state index contributed by atoms with van der Waals surface area (Å²) >= 11 is 0. The highest BCUT2D eigenvalue weighted by molar-refractivity contribution is 5.82. The van der Waals surface area contributed by atoms with Crippen LogP contribution >= 0.6 is 0 Å². The van der Waals surface area contributed by atoms with E-state index in [2.05, 4.69) is 51.0 Å². The average Bonchev–Trinajstić information content (AvgIpc) is 3.21. The van der Waals surface area contributed by atoms with Gasteiger partial charge in [0, 0.05) is 37.0 Å². The first kappa shape index (κ1) is 21.1. The number of morpholine rings is 1. The molecule has 170 valence electrons. The molecule has 2 aliphatic rings. The van der Waals surface area contributed by atoms with Crippen molar-refractivity contribution in [3.8, 4) is 11.8 Å². The Balaban J connectivity index is 1.57. The topological polar surface area (TPSA) is 88.8 Å². The summed E-state index contributed by atoms with van der Waals surface area (Å²) in [5.41, 5.74) is 3.32. The van der Waals surface area contributed by atoms with E-state index in [-0.39, 0.29) is 12.0 Å². The summed E-state index contributed by atoms with van der Waals surface area (Å²) in [6.45, 7) is 6.68. The van der Waals surface area contributed by atoms with Gasteiger partial charge in [-0.2, -0.15) is 15.1 Å². The van der Waals surface area contributed by atoms with Crippen molar-refractivity contribution in [3.63, 3.8) is 0 Å². The van der Waals surface area contributed by atoms with Gasteiger partial charge in [-0.05, 0) is 50.2 Å². The number of rotatable bonds is 4. The van der Waals surface area contributed by atoms with E-state index in [4.69, 9.17) is 9.47 Å². The van der Waals surface area contributed by atoms with Crippen molar-refractivity contribution in [1.82, 2.24) is 24.6 Å². The normalized spacial score (nSPS) is 22.4. The van der Waals surface area contributed by atoms with Crippen molar-refractivity contribution >= 4 is 16.7 Å². The van der Waals surface area contributed by atoms with Crippen molar-refractivity contribution < 1.29 is 14.6 Å². The number of aliphatic hydroxyl groups is 1. The molecule has 5 rings (SSSR count). The fourth-order valence-corrected chi connectivity index (χ4v) is 4.79. The number of nitrogens with zero attached hydrogens (tertiary/aromatic N) is 6. The number of anilines is 1. The van der Waals surface area contributed by atoms with Crippen molar-refractivity contribution in [1.29, 1.82) is 0 Å². The summed E-state index contributed by atoms with van der Waals surface area (Å²) in [4.78, 5) is 13.5. The highest BCUT2D eigenvalue weighted by Crippen LogP contribution is 2.33. The van der Waals surface area contributed by atoms with E-state index in [0.717, 1.165) is 42.8 Å². The number of hydrogen-bond donors (Lipinski definition) is 1. The minimum Gasteiger partial charge on any atom is -0.467 e. The molecule has 0 saturated carbocycles. The molecule has 9 nitrogen and oxygen atoms in total. The standard InChI is InChI=1S/C23H30N6O3/c1-15-10-16-13-24-29(19(16)11-18(15)17-4-5-27(2)14-20(17)30)22-12-21(25-23(26-22)31-3)28-6-8-32-9-7-28/h10-13,17,20,30H,4-9,14H2,1-3H3. The van der Waals surface area contributed by atoms with E-state index < -0.39 is 0 Å². The fraction of sp³-hybridized carbons (Fsp3) is 0.522. The SMILES string of the molecule is COc1nc(N2CCOCC2)cc(-n2ncc3cc(C)c(C4CCN(C)CC4O)cc32)n1. The van der Waals surface area contributed by atoms with Crippen LogP contribution < -0.4 is 9.64 Å². The first-order valence-electron chi connectivity index (χ1n) is 11.1. The van der Waals surface area contributed by atoms with E-state index in [1.165, 1.54) is 11.1 Å². The smallest absolute Gasteiger partial charge is 0.320 e. The molecule has 2 saturated heterocycles. The van der Waals surface area contributed by atoms with E-state index in [1.54, 1.807) is 7.11 Å². The third kappa shape index (κ3) is 3.92. The highest BCUT2D eigenvalue weighted by atomic mass is 16.5. The fourth-order valence-electron chi connectivity index (χ4n) is 4.79. The number of methoxy groups -OCH3 is 1. The Morgan fingerprint density at radius 1 is 1.09 bits per heavy atom.